The summed E-state index contributed by atoms with van der Waals surface area (Å²) in [4.78, 5) is 2.30. The number of rotatable bonds is 4. The molecule has 0 bridgehead atoms. The summed E-state index contributed by atoms with van der Waals surface area (Å²) in [5.74, 6) is 0.681. The van der Waals surface area contributed by atoms with E-state index >= 15 is 0 Å². The third kappa shape index (κ3) is 3.33. The highest BCUT2D eigenvalue weighted by atomic mass is 79.9. The van der Waals surface area contributed by atoms with Crippen LogP contribution in [0.3, 0.4) is 0 Å². The Balaban J connectivity index is 2.64. The van der Waals surface area contributed by atoms with Crippen LogP contribution in [0.25, 0.3) is 0 Å². The fraction of sp³-hybridized carbons (Fsp3) is 0.500. The molecule has 0 saturated heterocycles. The molecule has 0 saturated carbocycles. The van der Waals surface area contributed by atoms with Crippen LogP contribution in [0.4, 0.5) is 5.69 Å². The van der Waals surface area contributed by atoms with E-state index in [-0.39, 0.29) is 0 Å². The summed E-state index contributed by atoms with van der Waals surface area (Å²) >= 11 is 3.50. The minimum atomic E-state index is 0.681. The lowest BCUT2D eigenvalue weighted by Crippen LogP contribution is -2.24. The lowest BCUT2D eigenvalue weighted by Gasteiger charge is -2.22. The first kappa shape index (κ1) is 11.6. The number of halogens is 1. The van der Waals surface area contributed by atoms with Crippen LogP contribution in [0, 0.1) is 12.8 Å². The molecule has 0 aliphatic carbocycles. The summed E-state index contributed by atoms with van der Waals surface area (Å²) in [5.41, 5.74) is 2.62. The van der Waals surface area contributed by atoms with Crippen molar-refractivity contribution in [3.8, 4) is 0 Å². The molecule has 0 N–H and O–H groups in total. The van der Waals surface area contributed by atoms with Crippen molar-refractivity contribution in [3.63, 3.8) is 0 Å². The Bertz CT molecular complexity index is 285. The maximum absolute atomic E-state index is 3.50. The molecule has 0 amide bonds. The van der Waals surface area contributed by atoms with E-state index in [9.17, 15) is 0 Å². The second kappa shape index (κ2) is 5.40. The zero-order chi connectivity index (χ0) is 10.6. The smallest absolute Gasteiger partial charge is 0.0366 e. The van der Waals surface area contributed by atoms with E-state index in [1.807, 2.05) is 0 Å². The van der Waals surface area contributed by atoms with Crippen molar-refractivity contribution >= 4 is 21.6 Å². The summed E-state index contributed by atoms with van der Waals surface area (Å²) in [6.07, 6.45) is 0. The third-order valence-corrected chi connectivity index (χ3v) is 3.40. The topological polar surface area (TPSA) is 3.24 Å². The first-order chi connectivity index (χ1) is 6.63. The fourth-order valence-corrected chi connectivity index (χ4v) is 1.69. The second-order valence-corrected chi connectivity index (χ2v) is 4.63. The van der Waals surface area contributed by atoms with Crippen LogP contribution >= 0.6 is 15.9 Å². The van der Waals surface area contributed by atoms with Crippen LogP contribution in [0.15, 0.2) is 24.3 Å². The minimum Gasteiger partial charge on any atom is -0.374 e. The van der Waals surface area contributed by atoms with Gasteiger partial charge < -0.3 is 4.90 Å². The molecule has 1 unspecified atom stereocenters. The number of hydrogen-bond donors (Lipinski definition) is 0. The molecular weight excluding hydrogens is 238 g/mol. The molecule has 1 rings (SSSR count). The molecule has 0 radical (unpaired) electrons. The predicted octanol–water partition coefficient (Wildman–Crippen LogP) is 3.46. The molecule has 1 atom stereocenters. The molecular formula is C12H18BrN. The van der Waals surface area contributed by atoms with Crippen LogP contribution in [0.2, 0.25) is 0 Å². The largest absolute Gasteiger partial charge is 0.374 e. The molecule has 78 valence electrons. The van der Waals surface area contributed by atoms with Crippen LogP contribution in [-0.2, 0) is 0 Å². The summed E-state index contributed by atoms with van der Waals surface area (Å²) in [5, 5.41) is 1.06. The van der Waals surface area contributed by atoms with Crippen molar-refractivity contribution in [2.24, 2.45) is 5.92 Å². The molecule has 0 fully saturated rings. The average molecular weight is 256 g/mol. The molecule has 2 heteroatoms. The maximum Gasteiger partial charge on any atom is 0.0366 e. The highest BCUT2D eigenvalue weighted by Gasteiger charge is 2.05. The van der Waals surface area contributed by atoms with Gasteiger partial charge in [0.15, 0.2) is 0 Å². The third-order valence-electron chi connectivity index (χ3n) is 2.29. The molecule has 1 nitrogen and oxygen atoms in total. The Labute approximate surface area is 95.2 Å². The monoisotopic (exact) mass is 255 g/mol. The van der Waals surface area contributed by atoms with Gasteiger partial charge in [0, 0.05) is 24.6 Å². The Morgan fingerprint density at radius 2 is 2.14 bits per heavy atom. The van der Waals surface area contributed by atoms with E-state index in [2.05, 4.69) is 66.0 Å². The van der Waals surface area contributed by atoms with E-state index in [0.29, 0.717) is 5.92 Å². The normalized spacial score (nSPS) is 12.6. The molecule has 1 aromatic rings. The predicted molar refractivity (Wildman–Crippen MR) is 67.4 cm³/mol. The Hall–Kier alpha value is -0.500. The summed E-state index contributed by atoms with van der Waals surface area (Å²) < 4.78 is 0. The zero-order valence-electron chi connectivity index (χ0n) is 9.13. The molecule has 0 aliphatic rings. The number of nitrogens with zero attached hydrogens (tertiary/aromatic N) is 1. The van der Waals surface area contributed by atoms with Crippen molar-refractivity contribution in [2.75, 3.05) is 23.8 Å². The van der Waals surface area contributed by atoms with Crippen molar-refractivity contribution in [3.05, 3.63) is 29.8 Å². The second-order valence-electron chi connectivity index (χ2n) is 3.98. The van der Waals surface area contributed by atoms with Gasteiger partial charge in [-0.1, -0.05) is 35.0 Å². The van der Waals surface area contributed by atoms with Crippen LogP contribution in [0.5, 0.6) is 0 Å². The highest BCUT2D eigenvalue weighted by molar-refractivity contribution is 9.09. The lowest BCUT2D eigenvalue weighted by molar-refractivity contribution is 0.652. The first-order valence-corrected chi connectivity index (χ1v) is 6.09. The fourth-order valence-electron chi connectivity index (χ4n) is 1.49. The number of anilines is 1. The maximum atomic E-state index is 3.50. The van der Waals surface area contributed by atoms with Crippen molar-refractivity contribution in [2.45, 2.75) is 13.8 Å². The molecule has 0 spiro atoms. The minimum absolute atomic E-state index is 0.681. The molecule has 14 heavy (non-hydrogen) atoms. The standard InChI is InChI=1S/C12H18BrN/c1-10-5-4-6-12(7-10)14(3)9-11(2)8-13/h4-7,11H,8-9H2,1-3H3. The molecule has 1 aromatic carbocycles. The van der Waals surface area contributed by atoms with Crippen LogP contribution < -0.4 is 4.90 Å². The van der Waals surface area contributed by atoms with Gasteiger partial charge >= 0.3 is 0 Å². The Morgan fingerprint density at radius 1 is 1.43 bits per heavy atom. The number of benzene rings is 1. The van der Waals surface area contributed by atoms with Crippen LogP contribution in [-0.4, -0.2) is 18.9 Å². The van der Waals surface area contributed by atoms with Gasteiger partial charge in [0.25, 0.3) is 0 Å². The van der Waals surface area contributed by atoms with E-state index in [4.69, 9.17) is 0 Å². The van der Waals surface area contributed by atoms with Gasteiger partial charge in [-0.2, -0.15) is 0 Å². The SMILES string of the molecule is Cc1cccc(N(C)CC(C)CBr)c1. The van der Waals surface area contributed by atoms with Gasteiger partial charge in [0.2, 0.25) is 0 Å². The summed E-state index contributed by atoms with van der Waals surface area (Å²) in [7, 11) is 2.15. The van der Waals surface area contributed by atoms with E-state index < -0.39 is 0 Å². The summed E-state index contributed by atoms with van der Waals surface area (Å²) in [6.45, 7) is 5.47. The molecule has 0 aromatic heterocycles. The van der Waals surface area contributed by atoms with Crippen molar-refractivity contribution < 1.29 is 0 Å². The molecule has 0 heterocycles. The Morgan fingerprint density at radius 3 is 2.71 bits per heavy atom. The molecule has 0 aliphatic heterocycles. The number of aryl methyl sites for hydroxylation is 1. The summed E-state index contributed by atoms with van der Waals surface area (Å²) in [6, 6.07) is 8.63. The quantitative estimate of drug-likeness (QED) is 0.746. The van der Waals surface area contributed by atoms with Gasteiger partial charge in [0.05, 0.1) is 0 Å². The Kier molecular flexibility index (Phi) is 4.46. The van der Waals surface area contributed by atoms with Crippen LogP contribution in [0.1, 0.15) is 12.5 Å². The van der Waals surface area contributed by atoms with Gasteiger partial charge in [0.1, 0.15) is 0 Å². The van der Waals surface area contributed by atoms with E-state index in [0.717, 1.165) is 11.9 Å². The van der Waals surface area contributed by atoms with Gasteiger partial charge in [-0.15, -0.1) is 0 Å². The van der Waals surface area contributed by atoms with Crippen molar-refractivity contribution in [1.82, 2.24) is 0 Å². The first-order valence-electron chi connectivity index (χ1n) is 4.97. The van der Waals surface area contributed by atoms with E-state index in [1.54, 1.807) is 0 Å². The number of hydrogen-bond acceptors (Lipinski definition) is 1. The van der Waals surface area contributed by atoms with Gasteiger partial charge in [-0.3, -0.25) is 0 Å². The van der Waals surface area contributed by atoms with Crippen molar-refractivity contribution in [1.29, 1.82) is 0 Å². The van der Waals surface area contributed by atoms with E-state index in [1.165, 1.54) is 11.3 Å². The highest BCUT2D eigenvalue weighted by Crippen LogP contribution is 2.15. The average Bonchev–Trinajstić information content (AvgIpc) is 2.17. The van der Waals surface area contributed by atoms with Gasteiger partial charge in [-0.05, 0) is 30.5 Å². The zero-order valence-corrected chi connectivity index (χ0v) is 10.7. The van der Waals surface area contributed by atoms with Gasteiger partial charge in [-0.25, -0.2) is 0 Å². The number of alkyl halides is 1. The lowest BCUT2D eigenvalue weighted by atomic mass is 10.1.